The van der Waals surface area contributed by atoms with Crippen molar-refractivity contribution in [2.24, 2.45) is 0 Å². The number of amides is 1. The van der Waals surface area contributed by atoms with Crippen LogP contribution in [0.4, 0.5) is 5.88 Å². The largest absolute Gasteiger partial charge is 0.338 e. The first-order chi connectivity index (χ1) is 11.9. The maximum absolute atomic E-state index is 12.3. The van der Waals surface area contributed by atoms with Crippen LogP contribution in [0.25, 0.3) is 0 Å². The average Bonchev–Trinajstić information content (AvgIpc) is 3.22. The average molecular weight is 346 g/mol. The van der Waals surface area contributed by atoms with Crippen molar-refractivity contribution in [1.29, 1.82) is 0 Å². The topological polar surface area (TPSA) is 89.1 Å². The molecule has 0 spiro atoms. The normalized spacial score (nSPS) is 18.2. The number of carbonyl (C=O) groups is 1. The number of aromatic nitrogens is 4. The summed E-state index contributed by atoms with van der Waals surface area (Å²) in [6.07, 6.45) is 2.15. The Kier molecular flexibility index (Phi) is 5.17. The van der Waals surface area contributed by atoms with E-state index in [4.69, 9.17) is 4.52 Å². The molecule has 1 atom stereocenters. The van der Waals surface area contributed by atoms with E-state index in [9.17, 15) is 4.79 Å². The van der Waals surface area contributed by atoms with Gasteiger partial charge in [0.25, 0.3) is 0 Å². The highest BCUT2D eigenvalue weighted by atomic mass is 16.5. The maximum atomic E-state index is 12.3. The summed E-state index contributed by atoms with van der Waals surface area (Å²) >= 11 is 0. The number of likely N-dealkylation sites (tertiary alicyclic amines) is 1. The zero-order valence-electron chi connectivity index (χ0n) is 15.3. The number of aryl methyl sites for hydroxylation is 2. The SMILES string of the molecule is Cc1nc(C)n(C[C@H]2CCCN2CC(=O)Nc2cc(C(C)C)no2)n1. The molecule has 1 amide bonds. The van der Waals surface area contributed by atoms with Gasteiger partial charge in [-0.25, -0.2) is 9.67 Å². The number of nitrogens with zero attached hydrogens (tertiary/aromatic N) is 5. The molecule has 2 aromatic heterocycles. The second kappa shape index (κ2) is 7.35. The fourth-order valence-electron chi connectivity index (χ4n) is 3.23. The van der Waals surface area contributed by atoms with Crippen molar-refractivity contribution in [3.05, 3.63) is 23.4 Å². The van der Waals surface area contributed by atoms with Crippen LogP contribution in [0.15, 0.2) is 10.6 Å². The molecule has 1 fully saturated rings. The lowest BCUT2D eigenvalue weighted by atomic mass is 10.1. The molecule has 1 saturated heterocycles. The zero-order valence-corrected chi connectivity index (χ0v) is 15.3. The molecule has 3 heterocycles. The zero-order chi connectivity index (χ0) is 18.0. The third-order valence-electron chi connectivity index (χ3n) is 4.57. The lowest BCUT2D eigenvalue weighted by Gasteiger charge is -2.23. The van der Waals surface area contributed by atoms with Gasteiger partial charge in [0.05, 0.1) is 18.8 Å². The van der Waals surface area contributed by atoms with Crippen LogP contribution < -0.4 is 5.32 Å². The van der Waals surface area contributed by atoms with E-state index in [1.165, 1.54) is 0 Å². The Morgan fingerprint density at radius 3 is 2.88 bits per heavy atom. The van der Waals surface area contributed by atoms with Crippen LogP contribution in [0.3, 0.4) is 0 Å². The third-order valence-corrected chi connectivity index (χ3v) is 4.57. The summed E-state index contributed by atoms with van der Waals surface area (Å²) in [6, 6.07) is 2.08. The Bertz CT molecular complexity index is 735. The van der Waals surface area contributed by atoms with Gasteiger partial charge in [-0.15, -0.1) is 0 Å². The minimum absolute atomic E-state index is 0.0788. The second-order valence-corrected chi connectivity index (χ2v) is 6.97. The molecule has 1 N–H and O–H groups in total. The van der Waals surface area contributed by atoms with Crippen LogP contribution in [0, 0.1) is 13.8 Å². The third kappa shape index (κ3) is 4.25. The number of anilines is 1. The van der Waals surface area contributed by atoms with Gasteiger partial charge in [-0.1, -0.05) is 19.0 Å². The molecule has 8 heteroatoms. The highest BCUT2D eigenvalue weighted by molar-refractivity contribution is 5.91. The fourth-order valence-corrected chi connectivity index (χ4v) is 3.23. The Morgan fingerprint density at radius 2 is 2.24 bits per heavy atom. The van der Waals surface area contributed by atoms with Gasteiger partial charge in [0.2, 0.25) is 11.8 Å². The Morgan fingerprint density at radius 1 is 1.44 bits per heavy atom. The first kappa shape index (κ1) is 17.6. The van der Waals surface area contributed by atoms with Crippen molar-refractivity contribution < 1.29 is 9.32 Å². The minimum Gasteiger partial charge on any atom is -0.338 e. The molecule has 8 nitrogen and oxygen atoms in total. The minimum atomic E-state index is -0.0788. The number of rotatable bonds is 6. The van der Waals surface area contributed by atoms with E-state index in [1.54, 1.807) is 6.07 Å². The summed E-state index contributed by atoms with van der Waals surface area (Å²) in [4.78, 5) is 18.9. The quantitative estimate of drug-likeness (QED) is 0.862. The molecule has 1 aliphatic heterocycles. The van der Waals surface area contributed by atoms with Gasteiger partial charge >= 0.3 is 0 Å². The first-order valence-corrected chi connectivity index (χ1v) is 8.81. The van der Waals surface area contributed by atoms with E-state index in [0.29, 0.717) is 18.5 Å². The molecule has 0 aliphatic carbocycles. The van der Waals surface area contributed by atoms with E-state index in [1.807, 2.05) is 32.4 Å². The predicted octanol–water partition coefficient (Wildman–Crippen LogP) is 2.11. The van der Waals surface area contributed by atoms with Gasteiger partial charge in [-0.2, -0.15) is 5.10 Å². The van der Waals surface area contributed by atoms with Crippen LogP contribution in [0.1, 0.15) is 49.9 Å². The molecular formula is C17H26N6O2. The van der Waals surface area contributed by atoms with Crippen molar-refractivity contribution in [2.45, 2.75) is 59.0 Å². The van der Waals surface area contributed by atoms with Gasteiger partial charge in [-0.05, 0) is 39.2 Å². The standard InChI is InChI=1S/C17H26N6O2/c1-11(2)15-8-17(25-21-15)19-16(24)10-22-7-5-6-14(22)9-23-13(4)18-12(3)20-23/h8,11,14H,5-7,9-10H2,1-4H3,(H,19,24)/t14-/m1/s1. The second-order valence-electron chi connectivity index (χ2n) is 6.97. The molecule has 0 saturated carbocycles. The van der Waals surface area contributed by atoms with Gasteiger partial charge in [0, 0.05) is 12.1 Å². The highest BCUT2D eigenvalue weighted by Gasteiger charge is 2.27. The van der Waals surface area contributed by atoms with E-state index in [0.717, 1.165) is 43.3 Å². The summed E-state index contributed by atoms with van der Waals surface area (Å²) in [5.41, 5.74) is 0.839. The summed E-state index contributed by atoms with van der Waals surface area (Å²) in [5, 5.41) is 11.2. The van der Waals surface area contributed by atoms with E-state index in [2.05, 4.69) is 25.5 Å². The summed E-state index contributed by atoms with van der Waals surface area (Å²) in [7, 11) is 0. The summed E-state index contributed by atoms with van der Waals surface area (Å²) in [5.74, 6) is 2.30. The Hall–Kier alpha value is -2.22. The molecule has 2 aromatic rings. The van der Waals surface area contributed by atoms with Crippen LogP contribution in [0.2, 0.25) is 0 Å². The Balaban J connectivity index is 1.57. The van der Waals surface area contributed by atoms with Crippen molar-refractivity contribution >= 4 is 11.8 Å². The molecule has 0 bridgehead atoms. The summed E-state index contributed by atoms with van der Waals surface area (Å²) in [6.45, 7) is 9.94. The van der Waals surface area contributed by atoms with E-state index >= 15 is 0 Å². The lowest BCUT2D eigenvalue weighted by molar-refractivity contribution is -0.117. The van der Waals surface area contributed by atoms with Crippen LogP contribution in [-0.2, 0) is 11.3 Å². The number of hydrogen-bond acceptors (Lipinski definition) is 6. The van der Waals surface area contributed by atoms with E-state index in [-0.39, 0.29) is 11.8 Å². The fraction of sp³-hybridized carbons (Fsp3) is 0.647. The first-order valence-electron chi connectivity index (χ1n) is 8.81. The lowest BCUT2D eigenvalue weighted by Crippen LogP contribution is -2.39. The number of nitrogens with one attached hydrogen (secondary N) is 1. The van der Waals surface area contributed by atoms with Gasteiger partial charge in [0.1, 0.15) is 11.6 Å². The van der Waals surface area contributed by atoms with Crippen molar-refractivity contribution in [3.8, 4) is 0 Å². The van der Waals surface area contributed by atoms with Crippen molar-refractivity contribution in [1.82, 2.24) is 24.8 Å². The predicted molar refractivity (Wildman–Crippen MR) is 93.3 cm³/mol. The molecule has 0 aromatic carbocycles. The van der Waals surface area contributed by atoms with Gasteiger partial charge < -0.3 is 4.52 Å². The molecule has 1 aliphatic rings. The molecule has 3 rings (SSSR count). The Labute approximate surface area is 147 Å². The monoisotopic (exact) mass is 346 g/mol. The summed E-state index contributed by atoms with van der Waals surface area (Å²) < 4.78 is 7.11. The van der Waals surface area contributed by atoms with Crippen LogP contribution in [0.5, 0.6) is 0 Å². The smallest absolute Gasteiger partial charge is 0.240 e. The van der Waals surface area contributed by atoms with Gasteiger partial charge in [-0.3, -0.25) is 15.0 Å². The number of hydrogen-bond donors (Lipinski definition) is 1. The molecular weight excluding hydrogens is 320 g/mol. The molecule has 0 unspecified atom stereocenters. The van der Waals surface area contributed by atoms with Crippen LogP contribution >= 0.6 is 0 Å². The van der Waals surface area contributed by atoms with E-state index < -0.39 is 0 Å². The van der Waals surface area contributed by atoms with Crippen molar-refractivity contribution in [3.63, 3.8) is 0 Å². The maximum Gasteiger partial charge on any atom is 0.240 e. The molecule has 0 radical (unpaired) electrons. The molecule has 25 heavy (non-hydrogen) atoms. The van der Waals surface area contributed by atoms with Gasteiger partial charge in [0.15, 0.2) is 0 Å². The number of carbonyl (C=O) groups excluding carboxylic acids is 1. The molecule has 136 valence electrons. The van der Waals surface area contributed by atoms with Crippen LogP contribution in [-0.4, -0.2) is 49.9 Å². The highest BCUT2D eigenvalue weighted by Crippen LogP contribution is 2.20. The van der Waals surface area contributed by atoms with Crippen molar-refractivity contribution in [2.75, 3.05) is 18.4 Å².